The lowest BCUT2D eigenvalue weighted by Crippen LogP contribution is -2.22. The maximum Gasteiger partial charge on any atom is 0.165 e. The second-order valence-electron chi connectivity index (χ2n) is 4.68. The van der Waals surface area contributed by atoms with Crippen LogP contribution in [0.4, 0.5) is 0 Å². The average molecular weight is 318 g/mol. The normalized spacial score (nSPS) is 10.9. The second kappa shape index (κ2) is 9.37. The molecule has 0 saturated carbocycles. The molecule has 1 rings (SSSR count). The first-order chi connectivity index (χ1) is 9.58. The number of hydrogen-bond acceptors (Lipinski definition) is 4. The SMILES string of the molecule is CCSCCOc1c(CNC(C)C)cc(Cl)cc1OC. The van der Waals surface area contributed by atoms with Gasteiger partial charge in [0.15, 0.2) is 11.5 Å². The van der Waals surface area contributed by atoms with Gasteiger partial charge in [0, 0.05) is 35.0 Å². The van der Waals surface area contributed by atoms with Crippen LogP contribution in [-0.4, -0.2) is 31.3 Å². The highest BCUT2D eigenvalue weighted by Gasteiger charge is 2.13. The van der Waals surface area contributed by atoms with Crippen molar-refractivity contribution in [3.63, 3.8) is 0 Å². The molecule has 0 aliphatic carbocycles. The Morgan fingerprint density at radius 3 is 2.70 bits per heavy atom. The van der Waals surface area contributed by atoms with Crippen LogP contribution in [0, 0.1) is 0 Å². The van der Waals surface area contributed by atoms with E-state index in [0.29, 0.717) is 30.0 Å². The maximum atomic E-state index is 6.13. The first-order valence-corrected chi connectivity index (χ1v) is 8.42. The van der Waals surface area contributed by atoms with Gasteiger partial charge in [-0.3, -0.25) is 0 Å². The number of methoxy groups -OCH3 is 1. The molecule has 0 atom stereocenters. The fraction of sp³-hybridized carbons (Fsp3) is 0.600. The van der Waals surface area contributed by atoms with E-state index in [1.807, 2.05) is 17.8 Å². The molecule has 114 valence electrons. The van der Waals surface area contributed by atoms with Gasteiger partial charge < -0.3 is 14.8 Å². The van der Waals surface area contributed by atoms with Crippen molar-refractivity contribution in [3.05, 3.63) is 22.7 Å². The monoisotopic (exact) mass is 317 g/mol. The molecule has 0 aromatic heterocycles. The van der Waals surface area contributed by atoms with Crippen LogP contribution in [0.2, 0.25) is 5.02 Å². The largest absolute Gasteiger partial charge is 0.493 e. The molecule has 0 unspecified atom stereocenters. The third kappa shape index (κ3) is 5.81. The van der Waals surface area contributed by atoms with Crippen molar-refractivity contribution in [2.75, 3.05) is 25.2 Å². The first-order valence-electron chi connectivity index (χ1n) is 6.88. The Hall–Kier alpha value is -0.580. The van der Waals surface area contributed by atoms with Crippen LogP contribution in [0.1, 0.15) is 26.3 Å². The molecular weight excluding hydrogens is 294 g/mol. The summed E-state index contributed by atoms with van der Waals surface area (Å²) >= 11 is 7.99. The number of rotatable bonds is 9. The number of halogens is 1. The second-order valence-corrected chi connectivity index (χ2v) is 6.51. The van der Waals surface area contributed by atoms with Crippen LogP contribution >= 0.6 is 23.4 Å². The van der Waals surface area contributed by atoms with Crippen molar-refractivity contribution in [2.45, 2.75) is 33.4 Å². The molecule has 0 aliphatic rings. The molecule has 1 aromatic carbocycles. The highest BCUT2D eigenvalue weighted by Crippen LogP contribution is 2.34. The van der Waals surface area contributed by atoms with E-state index in [9.17, 15) is 0 Å². The highest BCUT2D eigenvalue weighted by atomic mass is 35.5. The minimum Gasteiger partial charge on any atom is -0.493 e. The Morgan fingerprint density at radius 2 is 2.10 bits per heavy atom. The number of nitrogens with one attached hydrogen (secondary N) is 1. The molecule has 0 radical (unpaired) electrons. The smallest absolute Gasteiger partial charge is 0.165 e. The van der Waals surface area contributed by atoms with Crippen LogP contribution in [0.15, 0.2) is 12.1 Å². The van der Waals surface area contributed by atoms with Gasteiger partial charge in [-0.15, -0.1) is 0 Å². The van der Waals surface area contributed by atoms with Gasteiger partial charge in [-0.1, -0.05) is 32.4 Å². The van der Waals surface area contributed by atoms with Crippen molar-refractivity contribution in [1.82, 2.24) is 5.32 Å². The van der Waals surface area contributed by atoms with Crippen LogP contribution < -0.4 is 14.8 Å². The van der Waals surface area contributed by atoms with Crippen LogP contribution in [-0.2, 0) is 6.54 Å². The summed E-state index contributed by atoms with van der Waals surface area (Å²) in [6, 6.07) is 4.13. The average Bonchev–Trinajstić information content (AvgIpc) is 2.42. The number of hydrogen-bond donors (Lipinski definition) is 1. The van der Waals surface area contributed by atoms with Gasteiger partial charge in [0.05, 0.1) is 13.7 Å². The fourth-order valence-corrected chi connectivity index (χ4v) is 2.45. The van der Waals surface area contributed by atoms with Gasteiger partial charge in [0.1, 0.15) is 0 Å². The van der Waals surface area contributed by atoms with Crippen molar-refractivity contribution >= 4 is 23.4 Å². The Bertz CT molecular complexity index is 413. The minimum absolute atomic E-state index is 0.406. The lowest BCUT2D eigenvalue weighted by Gasteiger charge is -2.17. The van der Waals surface area contributed by atoms with Gasteiger partial charge >= 0.3 is 0 Å². The molecule has 1 N–H and O–H groups in total. The van der Waals surface area contributed by atoms with Gasteiger partial charge in [-0.05, 0) is 11.8 Å². The summed E-state index contributed by atoms with van der Waals surface area (Å²) < 4.78 is 11.3. The number of benzene rings is 1. The molecule has 0 aliphatic heterocycles. The third-order valence-electron chi connectivity index (χ3n) is 2.70. The third-order valence-corrected chi connectivity index (χ3v) is 3.78. The lowest BCUT2D eigenvalue weighted by atomic mass is 10.1. The zero-order chi connectivity index (χ0) is 15.0. The van der Waals surface area contributed by atoms with Gasteiger partial charge in [-0.25, -0.2) is 0 Å². The molecule has 0 spiro atoms. The van der Waals surface area contributed by atoms with Crippen molar-refractivity contribution in [3.8, 4) is 11.5 Å². The molecule has 0 amide bonds. The zero-order valence-corrected chi connectivity index (χ0v) is 14.2. The zero-order valence-electron chi connectivity index (χ0n) is 12.7. The molecule has 0 bridgehead atoms. The van der Waals surface area contributed by atoms with Crippen LogP contribution in [0.5, 0.6) is 11.5 Å². The summed E-state index contributed by atoms with van der Waals surface area (Å²) in [6.07, 6.45) is 0. The van der Waals surface area contributed by atoms with Crippen molar-refractivity contribution in [1.29, 1.82) is 0 Å². The van der Waals surface area contributed by atoms with E-state index in [1.54, 1.807) is 13.2 Å². The predicted molar refractivity (Wildman–Crippen MR) is 88.5 cm³/mol. The Kier molecular flexibility index (Phi) is 8.19. The van der Waals surface area contributed by atoms with Gasteiger partial charge in [0.25, 0.3) is 0 Å². The molecule has 20 heavy (non-hydrogen) atoms. The topological polar surface area (TPSA) is 30.5 Å². The summed E-state index contributed by atoms with van der Waals surface area (Å²) in [5, 5.41) is 4.05. The Labute approximate surface area is 131 Å². The molecule has 0 saturated heterocycles. The van der Waals surface area contributed by atoms with E-state index in [1.165, 1.54) is 0 Å². The molecule has 0 fully saturated rings. The van der Waals surface area contributed by atoms with Crippen molar-refractivity contribution < 1.29 is 9.47 Å². The number of ether oxygens (including phenoxy) is 2. The summed E-state index contributed by atoms with van der Waals surface area (Å²) in [4.78, 5) is 0. The maximum absolute atomic E-state index is 6.13. The Morgan fingerprint density at radius 1 is 1.35 bits per heavy atom. The summed E-state index contributed by atoms with van der Waals surface area (Å²) in [5.41, 5.74) is 1.03. The van der Waals surface area contributed by atoms with Crippen LogP contribution in [0.3, 0.4) is 0 Å². The van der Waals surface area contributed by atoms with E-state index >= 15 is 0 Å². The van der Waals surface area contributed by atoms with Gasteiger partial charge in [0.2, 0.25) is 0 Å². The predicted octanol–water partition coefficient (Wildman–Crippen LogP) is 3.98. The van der Waals surface area contributed by atoms with E-state index in [2.05, 4.69) is 26.1 Å². The molecule has 0 heterocycles. The van der Waals surface area contributed by atoms with Crippen molar-refractivity contribution in [2.24, 2.45) is 0 Å². The summed E-state index contributed by atoms with van der Waals surface area (Å²) in [5.74, 6) is 3.56. The molecular formula is C15H24ClNO2S. The van der Waals surface area contributed by atoms with E-state index in [0.717, 1.165) is 22.8 Å². The fourth-order valence-electron chi connectivity index (χ4n) is 1.73. The van der Waals surface area contributed by atoms with E-state index < -0.39 is 0 Å². The first kappa shape index (κ1) is 17.5. The lowest BCUT2D eigenvalue weighted by molar-refractivity contribution is 0.309. The van der Waals surface area contributed by atoms with E-state index in [-0.39, 0.29) is 0 Å². The molecule has 3 nitrogen and oxygen atoms in total. The summed E-state index contributed by atoms with van der Waals surface area (Å²) in [6.45, 7) is 7.75. The number of thioether (sulfide) groups is 1. The quantitative estimate of drug-likeness (QED) is 0.698. The molecule has 1 aromatic rings. The summed E-state index contributed by atoms with van der Waals surface area (Å²) in [7, 11) is 1.64. The standard InChI is InChI=1S/C15H24ClNO2S/c1-5-20-7-6-19-15-12(10-17-11(2)3)8-13(16)9-14(15)18-4/h8-9,11,17H,5-7,10H2,1-4H3. The van der Waals surface area contributed by atoms with Crippen LogP contribution in [0.25, 0.3) is 0 Å². The molecule has 5 heteroatoms. The van der Waals surface area contributed by atoms with Gasteiger partial charge in [-0.2, -0.15) is 11.8 Å². The Balaban J connectivity index is 2.84. The van der Waals surface area contributed by atoms with E-state index in [4.69, 9.17) is 21.1 Å². The highest BCUT2D eigenvalue weighted by molar-refractivity contribution is 7.99. The minimum atomic E-state index is 0.406.